The number of hydrogen-bond acceptors (Lipinski definition) is 6. The van der Waals surface area contributed by atoms with Gasteiger partial charge in [-0.05, 0) is 74.8 Å². The highest BCUT2D eigenvalue weighted by Crippen LogP contribution is 2.83. The van der Waals surface area contributed by atoms with Crippen LogP contribution in [0.3, 0.4) is 0 Å². The van der Waals surface area contributed by atoms with Crippen LogP contribution >= 0.6 is 0 Å². The quantitative estimate of drug-likeness (QED) is 0.302. The van der Waals surface area contributed by atoms with Gasteiger partial charge in [-0.25, -0.2) is 4.79 Å². The lowest BCUT2D eigenvalue weighted by atomic mass is 9.31. The zero-order valence-corrected chi connectivity index (χ0v) is 24.0. The Hall–Kier alpha value is -2.99. The average molecular weight is 556 g/mol. The van der Waals surface area contributed by atoms with Crippen LogP contribution in [0.2, 0.25) is 0 Å². The zero-order valence-electron chi connectivity index (χ0n) is 24.0. The third-order valence-corrected chi connectivity index (χ3v) is 11.7. The molecule has 1 aromatic rings. The van der Waals surface area contributed by atoms with Gasteiger partial charge < -0.3 is 15.2 Å². The molecular formula is C35H41NO5. The Morgan fingerprint density at radius 1 is 1.15 bits per heavy atom. The highest BCUT2D eigenvalue weighted by molar-refractivity contribution is 6.01. The van der Waals surface area contributed by atoms with Crippen molar-refractivity contribution < 1.29 is 23.9 Å². The van der Waals surface area contributed by atoms with E-state index in [1.54, 1.807) is 0 Å². The molecule has 2 aliphatic heterocycles. The molecule has 2 N–H and O–H groups in total. The average Bonchev–Trinajstić information content (AvgIpc) is 3.63. The lowest BCUT2D eigenvalue weighted by Gasteiger charge is -2.69. The molecule has 0 radical (unpaired) electrons. The van der Waals surface area contributed by atoms with Crippen LogP contribution in [0, 0.1) is 28.1 Å². The summed E-state index contributed by atoms with van der Waals surface area (Å²) >= 11 is 0. The maximum absolute atomic E-state index is 14.4. The predicted molar refractivity (Wildman–Crippen MR) is 155 cm³/mol. The van der Waals surface area contributed by atoms with Gasteiger partial charge in [0.1, 0.15) is 5.41 Å². The fourth-order valence-corrected chi connectivity index (χ4v) is 10.1. The minimum Gasteiger partial charge on any atom is -0.453 e. The molecular weight excluding hydrogens is 514 g/mol. The second kappa shape index (κ2) is 9.52. The molecule has 4 aliphatic carbocycles. The fraction of sp³-hybridized carbons (Fsp3) is 0.571. The van der Waals surface area contributed by atoms with Crippen LogP contribution in [-0.4, -0.2) is 30.4 Å². The van der Waals surface area contributed by atoms with Crippen molar-refractivity contribution in [2.45, 2.75) is 89.3 Å². The Bertz CT molecular complexity index is 1390. The van der Waals surface area contributed by atoms with E-state index in [0.717, 1.165) is 49.7 Å². The molecule has 1 aromatic carbocycles. The van der Waals surface area contributed by atoms with E-state index >= 15 is 0 Å². The smallest absolute Gasteiger partial charge is 0.339 e. The first-order valence-corrected chi connectivity index (χ1v) is 15.7. The van der Waals surface area contributed by atoms with E-state index in [2.05, 4.69) is 37.3 Å². The number of esters is 2. The van der Waals surface area contributed by atoms with E-state index < -0.39 is 22.5 Å². The fourth-order valence-electron chi connectivity index (χ4n) is 10.1. The molecule has 0 bridgehead atoms. The van der Waals surface area contributed by atoms with E-state index in [4.69, 9.17) is 15.2 Å². The zero-order chi connectivity index (χ0) is 28.5. The highest BCUT2D eigenvalue weighted by atomic mass is 16.6. The Kier molecular flexibility index (Phi) is 6.24. The summed E-state index contributed by atoms with van der Waals surface area (Å²) in [4.78, 5) is 42.2. The van der Waals surface area contributed by atoms with Gasteiger partial charge in [-0.3, -0.25) is 9.59 Å². The maximum Gasteiger partial charge on any atom is 0.339 e. The number of benzene rings is 1. The largest absolute Gasteiger partial charge is 0.453 e. The number of ketones is 1. The summed E-state index contributed by atoms with van der Waals surface area (Å²) in [6.45, 7) is 2.63. The number of carbonyl (C=O) groups excluding carboxylic acids is 3. The van der Waals surface area contributed by atoms with Crippen LogP contribution in [0.5, 0.6) is 0 Å². The van der Waals surface area contributed by atoms with Crippen molar-refractivity contribution in [3.05, 3.63) is 71.3 Å². The summed E-state index contributed by atoms with van der Waals surface area (Å²) in [5.74, 6) is -0.516. The number of rotatable bonds is 9. The SMILES string of the molecule is CCC[C@@H]1[C@]23C=CCC[C@]2([C@H](C(=O)CC[C@]24C=CC=C[C@H]2CCC4)OC3=O)[C@@]12OC(=O)c1c(CCCN)cccc12. The number of ether oxygens (including phenoxy) is 2. The first-order valence-electron chi connectivity index (χ1n) is 15.7. The molecule has 0 amide bonds. The van der Waals surface area contributed by atoms with Crippen molar-refractivity contribution >= 4 is 17.7 Å². The molecule has 7 atom stereocenters. The number of cyclic esters (lactones) is 1. The lowest BCUT2D eigenvalue weighted by Crippen LogP contribution is -2.77. The molecule has 2 saturated carbocycles. The van der Waals surface area contributed by atoms with Crippen LogP contribution < -0.4 is 5.73 Å². The molecule has 1 spiro atoms. The number of carbonyl (C=O) groups is 3. The topological polar surface area (TPSA) is 95.7 Å². The number of aryl methyl sites for hydroxylation is 1. The van der Waals surface area contributed by atoms with Crippen molar-refractivity contribution in [1.29, 1.82) is 0 Å². The molecule has 41 heavy (non-hydrogen) atoms. The van der Waals surface area contributed by atoms with E-state index in [0.29, 0.717) is 50.1 Å². The molecule has 216 valence electrons. The Morgan fingerprint density at radius 3 is 2.85 bits per heavy atom. The second-order valence-electron chi connectivity index (χ2n) is 13.2. The van der Waals surface area contributed by atoms with Gasteiger partial charge in [0, 0.05) is 17.9 Å². The molecule has 7 rings (SSSR count). The van der Waals surface area contributed by atoms with Gasteiger partial charge in [0.15, 0.2) is 17.5 Å². The Labute approximate surface area is 242 Å². The monoisotopic (exact) mass is 555 g/mol. The van der Waals surface area contributed by atoms with E-state index in [-0.39, 0.29) is 29.1 Å². The summed E-state index contributed by atoms with van der Waals surface area (Å²) in [7, 11) is 0. The second-order valence-corrected chi connectivity index (χ2v) is 13.2. The molecule has 3 fully saturated rings. The normalized spacial score (nSPS) is 39.1. The van der Waals surface area contributed by atoms with Crippen molar-refractivity contribution in [2.24, 2.45) is 33.8 Å². The predicted octanol–water partition coefficient (Wildman–Crippen LogP) is 5.88. The molecule has 1 saturated heterocycles. The van der Waals surface area contributed by atoms with Gasteiger partial charge >= 0.3 is 11.9 Å². The van der Waals surface area contributed by atoms with Crippen LogP contribution in [0.4, 0.5) is 0 Å². The van der Waals surface area contributed by atoms with E-state index in [1.165, 1.54) is 0 Å². The number of allylic oxidation sites excluding steroid dienone is 5. The van der Waals surface area contributed by atoms with Gasteiger partial charge in [-0.1, -0.05) is 74.4 Å². The first kappa shape index (κ1) is 26.9. The third kappa shape index (κ3) is 3.20. The van der Waals surface area contributed by atoms with Gasteiger partial charge in [0.2, 0.25) is 0 Å². The molecule has 6 aliphatic rings. The maximum atomic E-state index is 14.4. The Morgan fingerprint density at radius 2 is 2.02 bits per heavy atom. The van der Waals surface area contributed by atoms with Crippen LogP contribution in [0.25, 0.3) is 0 Å². The standard InChI is InChI=1S/C35H41NO5/c1-2-10-27-33-19-5-6-20-34(33,35(27)25-15-7-11-23(12-9-22-36)28(25)30(38)41-35)29(40-31(33)39)26(37)16-21-32-17-4-3-13-24(32)14-8-18-32/h3-5,7,11,13,15,17,19,24,27,29H,2,6,8-10,12,14,16,18,20-22,36H2,1H3/t24-,27+,29-,32+,33-,34+,35-/m0/s1. The minimum absolute atomic E-state index is 0.000605. The van der Waals surface area contributed by atoms with Gasteiger partial charge in [-0.15, -0.1) is 0 Å². The summed E-state index contributed by atoms with van der Waals surface area (Å²) in [6.07, 6.45) is 20.7. The van der Waals surface area contributed by atoms with E-state index in [1.807, 2.05) is 24.3 Å². The molecule has 0 unspecified atom stereocenters. The van der Waals surface area contributed by atoms with Crippen molar-refractivity contribution in [3.8, 4) is 0 Å². The van der Waals surface area contributed by atoms with Crippen molar-refractivity contribution in [2.75, 3.05) is 6.54 Å². The van der Waals surface area contributed by atoms with Crippen LogP contribution in [0.15, 0.2) is 54.7 Å². The number of Topliss-reactive ketones (excluding diaryl/α,β-unsaturated/α-hetero) is 1. The van der Waals surface area contributed by atoms with Crippen LogP contribution in [0.1, 0.15) is 92.6 Å². The number of nitrogens with two attached hydrogens (primary N) is 1. The summed E-state index contributed by atoms with van der Waals surface area (Å²) in [6, 6.07) is 5.97. The minimum atomic E-state index is -1.06. The van der Waals surface area contributed by atoms with Crippen molar-refractivity contribution in [1.82, 2.24) is 0 Å². The highest BCUT2D eigenvalue weighted by Gasteiger charge is 2.92. The third-order valence-electron chi connectivity index (χ3n) is 11.7. The molecule has 6 heteroatoms. The van der Waals surface area contributed by atoms with E-state index in [9.17, 15) is 14.4 Å². The lowest BCUT2D eigenvalue weighted by molar-refractivity contribution is -0.291. The molecule has 2 heterocycles. The number of hydrogen-bond donors (Lipinski definition) is 1. The first-order chi connectivity index (χ1) is 19.9. The van der Waals surface area contributed by atoms with Gasteiger partial charge in [0.25, 0.3) is 0 Å². The van der Waals surface area contributed by atoms with Gasteiger partial charge in [-0.2, -0.15) is 0 Å². The summed E-state index contributed by atoms with van der Waals surface area (Å²) in [5.41, 5.74) is 5.24. The summed E-state index contributed by atoms with van der Waals surface area (Å²) < 4.78 is 12.8. The van der Waals surface area contributed by atoms with Crippen LogP contribution in [-0.2, 0) is 31.1 Å². The molecule has 0 aromatic heterocycles. The Balaban J connectivity index is 1.32. The summed E-state index contributed by atoms with van der Waals surface area (Å²) in [5, 5.41) is 0. The van der Waals surface area contributed by atoms with Crippen molar-refractivity contribution in [3.63, 3.8) is 0 Å². The number of fused-ring (bicyclic) bond motifs is 3. The molecule has 6 nitrogen and oxygen atoms in total. The van der Waals surface area contributed by atoms with Gasteiger partial charge in [0.05, 0.1) is 11.0 Å².